The molecule has 0 aliphatic rings. The molecule has 0 amide bonds. The van der Waals surface area contributed by atoms with E-state index in [1.54, 1.807) is 11.3 Å². The third-order valence-electron chi connectivity index (χ3n) is 3.33. The number of fused-ring (bicyclic) bond motifs is 1. The molecule has 21 heavy (non-hydrogen) atoms. The molecule has 0 fully saturated rings. The molecule has 0 saturated carbocycles. The van der Waals surface area contributed by atoms with Crippen LogP contribution in [0.25, 0.3) is 10.2 Å². The van der Waals surface area contributed by atoms with Gasteiger partial charge in [0.05, 0.1) is 5.39 Å². The molecule has 0 aliphatic heterocycles. The first kappa shape index (κ1) is 16.8. The number of aromatic nitrogens is 2. The summed E-state index contributed by atoms with van der Waals surface area (Å²) in [6.45, 7) is 3.10. The summed E-state index contributed by atoms with van der Waals surface area (Å²) in [4.78, 5) is 11.0. The smallest absolute Gasteiger partial charge is 0.225 e. The van der Waals surface area contributed by atoms with Gasteiger partial charge in [-0.15, -0.1) is 11.3 Å². The van der Waals surface area contributed by atoms with Gasteiger partial charge in [-0.1, -0.05) is 19.8 Å². The Hall–Kier alpha value is -0.520. The molecule has 6 heteroatoms. The quantitative estimate of drug-likeness (QED) is 0.499. The molecule has 0 aromatic carbocycles. The number of aryl methyl sites for hydroxylation is 1. The van der Waals surface area contributed by atoms with Crippen LogP contribution in [0.2, 0.25) is 5.28 Å². The average Bonchev–Trinajstić information content (AvgIpc) is 2.89. The van der Waals surface area contributed by atoms with Crippen LogP contribution in [0.4, 0.5) is 5.82 Å². The summed E-state index contributed by atoms with van der Waals surface area (Å²) in [7, 11) is 0. The van der Waals surface area contributed by atoms with Gasteiger partial charge in [0, 0.05) is 11.4 Å². The van der Waals surface area contributed by atoms with Crippen molar-refractivity contribution in [1.82, 2.24) is 9.97 Å². The third kappa shape index (κ3) is 5.01. The van der Waals surface area contributed by atoms with Crippen LogP contribution in [0, 0.1) is 0 Å². The average molecular weight is 344 g/mol. The van der Waals surface area contributed by atoms with Gasteiger partial charge in [-0.2, -0.15) is 11.8 Å². The van der Waals surface area contributed by atoms with Crippen LogP contribution in [0.15, 0.2) is 6.07 Å². The van der Waals surface area contributed by atoms with E-state index >= 15 is 0 Å². The van der Waals surface area contributed by atoms with Crippen LogP contribution in [-0.2, 0) is 6.42 Å². The fraction of sp³-hybridized carbons (Fsp3) is 0.600. The first-order valence-corrected chi connectivity index (χ1v) is 10.0. The lowest BCUT2D eigenvalue weighted by Crippen LogP contribution is -2.04. The van der Waals surface area contributed by atoms with E-state index in [0.29, 0.717) is 5.28 Å². The summed E-state index contributed by atoms with van der Waals surface area (Å²) in [5, 5.41) is 4.85. The van der Waals surface area contributed by atoms with E-state index in [2.05, 4.69) is 34.5 Å². The minimum Gasteiger partial charge on any atom is -0.369 e. The molecule has 0 spiro atoms. The number of nitrogens with one attached hydrogen (secondary N) is 1. The van der Waals surface area contributed by atoms with Crippen LogP contribution in [0.1, 0.15) is 37.5 Å². The SMILES string of the molecule is CCc1cc2c(NCCCCCCSC)nc(Cl)nc2s1. The lowest BCUT2D eigenvalue weighted by atomic mass is 10.2. The summed E-state index contributed by atoms with van der Waals surface area (Å²) in [6.07, 6.45) is 8.24. The minimum absolute atomic E-state index is 0.328. The monoisotopic (exact) mass is 343 g/mol. The number of hydrogen-bond donors (Lipinski definition) is 1. The van der Waals surface area contributed by atoms with Crippen LogP contribution in [-0.4, -0.2) is 28.5 Å². The molecule has 0 atom stereocenters. The maximum Gasteiger partial charge on any atom is 0.225 e. The fourth-order valence-corrected chi connectivity index (χ4v) is 3.87. The zero-order chi connectivity index (χ0) is 15.1. The summed E-state index contributed by atoms with van der Waals surface area (Å²) >= 11 is 9.64. The molecule has 0 bridgehead atoms. The number of thiophene rings is 1. The molecule has 0 aliphatic carbocycles. The van der Waals surface area contributed by atoms with Crippen molar-refractivity contribution in [1.29, 1.82) is 0 Å². The number of rotatable bonds is 9. The van der Waals surface area contributed by atoms with Crippen LogP contribution < -0.4 is 5.32 Å². The molecule has 1 N–H and O–H groups in total. The third-order valence-corrected chi connectivity index (χ3v) is 5.37. The summed E-state index contributed by atoms with van der Waals surface area (Å²) in [5.41, 5.74) is 0. The Morgan fingerprint density at radius 1 is 1.24 bits per heavy atom. The maximum absolute atomic E-state index is 6.02. The zero-order valence-electron chi connectivity index (χ0n) is 12.6. The maximum atomic E-state index is 6.02. The first-order chi connectivity index (χ1) is 10.2. The first-order valence-electron chi connectivity index (χ1n) is 7.43. The van der Waals surface area contributed by atoms with Gasteiger partial charge < -0.3 is 5.32 Å². The number of nitrogens with zero attached hydrogens (tertiary/aromatic N) is 2. The number of thioether (sulfide) groups is 1. The van der Waals surface area contributed by atoms with E-state index in [-0.39, 0.29) is 0 Å². The van der Waals surface area contributed by atoms with E-state index in [1.165, 1.54) is 36.3 Å². The highest BCUT2D eigenvalue weighted by Crippen LogP contribution is 2.30. The van der Waals surface area contributed by atoms with Crippen molar-refractivity contribution in [3.8, 4) is 0 Å². The molecule has 3 nitrogen and oxygen atoms in total. The van der Waals surface area contributed by atoms with Crippen molar-refractivity contribution in [2.24, 2.45) is 0 Å². The van der Waals surface area contributed by atoms with E-state index in [1.807, 2.05) is 11.8 Å². The normalized spacial score (nSPS) is 11.2. The van der Waals surface area contributed by atoms with Gasteiger partial charge in [0.15, 0.2) is 0 Å². The summed E-state index contributed by atoms with van der Waals surface area (Å²) in [5.74, 6) is 2.15. The Morgan fingerprint density at radius 2 is 2.05 bits per heavy atom. The Labute approximate surface area is 139 Å². The molecule has 0 unspecified atom stereocenters. The minimum atomic E-state index is 0.328. The molecular weight excluding hydrogens is 322 g/mol. The predicted octanol–water partition coefficient (Wildman–Crippen LogP) is 5.24. The Morgan fingerprint density at radius 3 is 2.81 bits per heavy atom. The van der Waals surface area contributed by atoms with Gasteiger partial charge in [0.2, 0.25) is 5.28 Å². The van der Waals surface area contributed by atoms with Crippen LogP contribution in [0.5, 0.6) is 0 Å². The molecule has 2 heterocycles. The standard InChI is InChI=1S/C15H22ClN3S2/c1-3-11-10-12-13(18-15(16)19-14(12)21-11)17-8-6-4-5-7-9-20-2/h10H,3-9H2,1-2H3,(H,17,18,19). The second kappa shape index (κ2) is 8.81. The number of unbranched alkanes of at least 4 members (excludes halogenated alkanes) is 3. The van der Waals surface area contributed by atoms with E-state index in [4.69, 9.17) is 11.6 Å². The van der Waals surface area contributed by atoms with Crippen molar-refractivity contribution in [2.75, 3.05) is 23.9 Å². The molecule has 0 radical (unpaired) electrons. The highest BCUT2D eigenvalue weighted by Gasteiger charge is 2.10. The molecule has 0 saturated heterocycles. The molecule has 2 rings (SSSR count). The van der Waals surface area contributed by atoms with Gasteiger partial charge in [-0.05, 0) is 48.9 Å². The lowest BCUT2D eigenvalue weighted by molar-refractivity contribution is 0.688. The molecule has 116 valence electrons. The Balaban J connectivity index is 1.90. The highest BCUT2D eigenvalue weighted by atomic mass is 35.5. The second-order valence-corrected chi connectivity index (χ2v) is 7.40. The van der Waals surface area contributed by atoms with Gasteiger partial charge in [-0.3, -0.25) is 0 Å². The molecule has 2 aromatic heterocycles. The largest absolute Gasteiger partial charge is 0.369 e. The fourth-order valence-electron chi connectivity index (χ4n) is 2.19. The summed E-state index contributed by atoms with van der Waals surface area (Å²) < 4.78 is 0. The van der Waals surface area contributed by atoms with Crippen molar-refractivity contribution >= 4 is 50.7 Å². The Kier molecular flexibility index (Phi) is 7.07. The van der Waals surface area contributed by atoms with Crippen molar-refractivity contribution in [3.05, 3.63) is 16.2 Å². The summed E-state index contributed by atoms with van der Waals surface area (Å²) in [6, 6.07) is 2.18. The topological polar surface area (TPSA) is 37.8 Å². The predicted molar refractivity (Wildman–Crippen MR) is 97.1 cm³/mol. The number of anilines is 1. The second-order valence-electron chi connectivity index (χ2n) is 4.96. The van der Waals surface area contributed by atoms with E-state index < -0.39 is 0 Å². The van der Waals surface area contributed by atoms with Crippen LogP contribution in [0.3, 0.4) is 0 Å². The van der Waals surface area contributed by atoms with E-state index in [0.717, 1.165) is 29.0 Å². The number of halogens is 1. The van der Waals surface area contributed by atoms with Crippen molar-refractivity contribution < 1.29 is 0 Å². The molecular formula is C15H22ClN3S2. The van der Waals surface area contributed by atoms with Crippen molar-refractivity contribution in [2.45, 2.75) is 39.0 Å². The number of hydrogen-bond acceptors (Lipinski definition) is 5. The lowest BCUT2D eigenvalue weighted by Gasteiger charge is -2.07. The van der Waals surface area contributed by atoms with Crippen molar-refractivity contribution in [3.63, 3.8) is 0 Å². The van der Waals surface area contributed by atoms with Crippen LogP contribution >= 0.6 is 34.7 Å². The van der Waals surface area contributed by atoms with Gasteiger partial charge in [0.25, 0.3) is 0 Å². The Bertz CT molecular complexity index is 571. The van der Waals surface area contributed by atoms with Gasteiger partial charge in [0.1, 0.15) is 10.6 Å². The van der Waals surface area contributed by atoms with E-state index in [9.17, 15) is 0 Å². The highest BCUT2D eigenvalue weighted by molar-refractivity contribution is 7.98. The molecule has 2 aromatic rings. The zero-order valence-corrected chi connectivity index (χ0v) is 15.0. The van der Waals surface area contributed by atoms with Gasteiger partial charge >= 0.3 is 0 Å². The van der Waals surface area contributed by atoms with Gasteiger partial charge in [-0.25, -0.2) is 9.97 Å².